The summed E-state index contributed by atoms with van der Waals surface area (Å²) in [4.78, 5) is 0. The molecule has 4 rings (SSSR count). The first-order valence-electron chi connectivity index (χ1n) is 16.6. The van der Waals surface area contributed by atoms with Crippen LogP contribution in [-0.2, 0) is 30.7 Å². The zero-order valence-electron chi connectivity index (χ0n) is 28.9. The van der Waals surface area contributed by atoms with Crippen LogP contribution in [0.15, 0.2) is 0 Å². The Morgan fingerprint density at radius 2 is 0.463 bits per heavy atom. The van der Waals surface area contributed by atoms with Crippen molar-refractivity contribution < 1.29 is 30.7 Å². The number of hydrogen-bond donors (Lipinski definition) is 0. The maximum Gasteiger partial charge on any atom is 0.335 e. The fourth-order valence-corrected chi connectivity index (χ4v) is 30.7. The number of hydrogen-bond acceptors (Lipinski definition) is 7. The second-order valence-electron chi connectivity index (χ2n) is 15.7. The van der Waals surface area contributed by atoms with Crippen molar-refractivity contribution in [2.24, 2.45) is 0 Å². The Balaban J connectivity index is 1.94. The molecule has 0 unspecified atom stereocenters. The van der Waals surface area contributed by atoms with Gasteiger partial charge in [-0.15, -0.1) is 0 Å². The minimum absolute atomic E-state index is 0.0692. The van der Waals surface area contributed by atoms with E-state index in [2.05, 4.69) is 111 Å². The van der Waals surface area contributed by atoms with Crippen LogP contribution >= 0.6 is 0 Å². The summed E-state index contributed by atoms with van der Waals surface area (Å²) < 4.78 is 51.6. The first-order chi connectivity index (χ1) is 18.8. The van der Waals surface area contributed by atoms with Gasteiger partial charge in [0.2, 0.25) is 0 Å². The highest BCUT2D eigenvalue weighted by Gasteiger charge is 2.74. The first kappa shape index (κ1) is 34.5. The largest absolute Gasteiger partial charge is 0.414 e. The molecule has 1 aliphatic carbocycles. The molecule has 4 fully saturated rings. The van der Waals surface area contributed by atoms with Crippen LogP contribution in [0.5, 0.6) is 0 Å². The molecule has 240 valence electrons. The molecule has 3 aliphatic heterocycles. The lowest BCUT2D eigenvalue weighted by atomic mass is 9.90. The van der Waals surface area contributed by atoms with E-state index in [0.29, 0.717) is 0 Å². The predicted molar refractivity (Wildman–Crippen MR) is 174 cm³/mol. The molecule has 7 nitrogen and oxygen atoms in total. The van der Waals surface area contributed by atoms with Gasteiger partial charge in [0.25, 0.3) is 0 Å². The highest BCUT2D eigenvalue weighted by Crippen LogP contribution is 2.57. The molecule has 0 radical (unpaired) electrons. The third kappa shape index (κ3) is 5.32. The van der Waals surface area contributed by atoms with Crippen molar-refractivity contribution in [2.45, 2.75) is 192 Å². The number of rotatable bonds is 8. The SMILES string of the molecule is CC(C)[Si]1(C(C)C)O[C@H]2[C@@H]3O[Si](C(C)C)(C(C)C)O[Si](C(C)C)(C(C)C)O[C@H]3[C@H]3O[C@H]3[C@@H]2O[Si](C(C)C)(C(C)C)O1. The van der Waals surface area contributed by atoms with Crippen LogP contribution in [0.3, 0.4) is 0 Å². The van der Waals surface area contributed by atoms with Crippen molar-refractivity contribution in [3.05, 3.63) is 0 Å². The lowest BCUT2D eigenvalue weighted by molar-refractivity contribution is -0.0945. The number of epoxide rings is 1. The van der Waals surface area contributed by atoms with Gasteiger partial charge in [-0.1, -0.05) is 111 Å². The van der Waals surface area contributed by atoms with E-state index in [4.69, 9.17) is 30.7 Å². The van der Waals surface area contributed by atoms with Gasteiger partial charge in [-0.2, -0.15) is 0 Å². The Kier molecular flexibility index (Phi) is 9.87. The lowest BCUT2D eigenvalue weighted by Crippen LogP contribution is -2.63. The molecule has 0 aromatic rings. The third-order valence-electron chi connectivity index (χ3n) is 10.5. The minimum atomic E-state index is -2.81. The van der Waals surface area contributed by atoms with Gasteiger partial charge in [0.05, 0.1) is 0 Å². The summed E-state index contributed by atoms with van der Waals surface area (Å²) in [7, 11) is -11.1. The molecule has 1 saturated carbocycles. The summed E-state index contributed by atoms with van der Waals surface area (Å²) in [6.07, 6.45) is -1.23. The van der Waals surface area contributed by atoms with Gasteiger partial charge >= 0.3 is 34.2 Å². The summed E-state index contributed by atoms with van der Waals surface area (Å²) in [6.45, 7) is 36.5. The van der Waals surface area contributed by atoms with E-state index >= 15 is 0 Å². The molecule has 0 spiro atoms. The van der Waals surface area contributed by atoms with Crippen molar-refractivity contribution in [1.82, 2.24) is 0 Å². The van der Waals surface area contributed by atoms with Crippen LogP contribution in [0.1, 0.15) is 111 Å². The second kappa shape index (κ2) is 11.7. The van der Waals surface area contributed by atoms with Crippen LogP contribution in [0.25, 0.3) is 0 Å². The van der Waals surface area contributed by atoms with Crippen molar-refractivity contribution in [3.8, 4) is 0 Å². The van der Waals surface area contributed by atoms with E-state index < -0.39 is 34.2 Å². The lowest BCUT2D eigenvalue weighted by Gasteiger charge is -2.47. The van der Waals surface area contributed by atoms with Crippen molar-refractivity contribution in [1.29, 1.82) is 0 Å². The van der Waals surface area contributed by atoms with Crippen LogP contribution < -0.4 is 0 Å². The number of fused-ring (bicyclic) bond motifs is 6. The Morgan fingerprint density at radius 3 is 0.634 bits per heavy atom. The smallest absolute Gasteiger partial charge is 0.335 e. The molecule has 3 saturated heterocycles. The molecule has 3 heterocycles. The fourth-order valence-electron chi connectivity index (χ4n) is 8.09. The normalized spacial score (nSPS) is 35.7. The van der Waals surface area contributed by atoms with E-state index in [9.17, 15) is 0 Å². The van der Waals surface area contributed by atoms with E-state index in [1.54, 1.807) is 0 Å². The standard InChI is InChI=1S/C30H62O7Si4/c1-17(2)38(18(3)4)32-27-25-26(31-25)28-30(29(27)34-40(36-38,21(9)10)22(11)12)35-41(23(13)14,24(15)16)37-39(33-28,19(5)6)20(7)8/h17-30H,1-16H3/t25-,26+,27-,28-,29+,30+/m0/s1. The van der Waals surface area contributed by atoms with Gasteiger partial charge in [0.15, 0.2) is 0 Å². The molecular formula is C30H62O7Si4. The Morgan fingerprint density at radius 1 is 0.293 bits per heavy atom. The average Bonchev–Trinajstić information content (AvgIpc) is 3.66. The van der Waals surface area contributed by atoms with Gasteiger partial charge in [-0.05, 0) is 44.3 Å². The summed E-state index contributed by atoms with van der Waals surface area (Å²) in [5, 5.41) is 0. The monoisotopic (exact) mass is 646 g/mol. The molecule has 6 atom stereocenters. The molecule has 11 heteroatoms. The molecule has 0 bridgehead atoms. The summed E-state index contributed by atoms with van der Waals surface area (Å²) >= 11 is 0. The zero-order valence-corrected chi connectivity index (χ0v) is 32.9. The highest BCUT2D eigenvalue weighted by atomic mass is 28.5. The van der Waals surface area contributed by atoms with E-state index in [1.165, 1.54) is 0 Å². The van der Waals surface area contributed by atoms with Gasteiger partial charge < -0.3 is 30.7 Å². The summed E-state index contributed by atoms with van der Waals surface area (Å²) in [5.41, 5.74) is 2.13. The molecule has 0 aromatic carbocycles. The molecule has 0 N–H and O–H groups in total. The molecule has 4 aliphatic rings. The second-order valence-corrected chi connectivity index (χ2v) is 33.3. The predicted octanol–water partition coefficient (Wildman–Crippen LogP) is 8.42. The van der Waals surface area contributed by atoms with Gasteiger partial charge in [-0.25, -0.2) is 0 Å². The summed E-state index contributed by atoms with van der Waals surface area (Å²) in [6, 6.07) is 0. The summed E-state index contributed by atoms with van der Waals surface area (Å²) in [5.74, 6) is 0. The molecule has 41 heavy (non-hydrogen) atoms. The number of ether oxygens (including phenoxy) is 1. The van der Waals surface area contributed by atoms with Gasteiger partial charge in [0, 0.05) is 0 Å². The Bertz CT molecular complexity index is 821. The minimum Gasteiger partial charge on any atom is -0.414 e. The molecular weight excluding hydrogens is 585 g/mol. The quantitative estimate of drug-likeness (QED) is 0.194. The molecule has 0 aromatic heterocycles. The average molecular weight is 647 g/mol. The van der Waals surface area contributed by atoms with E-state index in [-0.39, 0.29) is 81.0 Å². The maximum absolute atomic E-state index is 7.57. The third-order valence-corrected chi connectivity index (χ3v) is 31.1. The van der Waals surface area contributed by atoms with Gasteiger partial charge in [-0.3, -0.25) is 0 Å². The van der Waals surface area contributed by atoms with Crippen molar-refractivity contribution in [3.63, 3.8) is 0 Å². The molecule has 0 amide bonds. The van der Waals surface area contributed by atoms with Crippen LogP contribution in [0, 0.1) is 0 Å². The Hall–Kier alpha value is 0.588. The van der Waals surface area contributed by atoms with Crippen LogP contribution in [0.4, 0.5) is 0 Å². The van der Waals surface area contributed by atoms with E-state index in [0.717, 1.165) is 0 Å². The van der Waals surface area contributed by atoms with Crippen LogP contribution in [0.2, 0.25) is 44.3 Å². The van der Waals surface area contributed by atoms with Gasteiger partial charge in [0.1, 0.15) is 36.6 Å². The Labute approximate surface area is 256 Å². The maximum atomic E-state index is 7.57. The van der Waals surface area contributed by atoms with E-state index in [1.807, 2.05) is 0 Å². The van der Waals surface area contributed by atoms with Crippen molar-refractivity contribution in [2.75, 3.05) is 0 Å². The topological polar surface area (TPSA) is 67.9 Å². The first-order valence-corrected chi connectivity index (χ1v) is 24.5. The zero-order chi connectivity index (χ0) is 31.0. The van der Waals surface area contributed by atoms with Crippen molar-refractivity contribution >= 4 is 34.2 Å². The fraction of sp³-hybridized carbons (Fsp3) is 1.00. The highest BCUT2D eigenvalue weighted by molar-refractivity contribution is 6.85. The van der Waals surface area contributed by atoms with Crippen LogP contribution in [-0.4, -0.2) is 70.9 Å².